The maximum absolute atomic E-state index is 13.1. The number of carbonyl (C=O) groups excluding carboxylic acids is 1. The molecule has 19 heavy (non-hydrogen) atoms. The van der Waals surface area contributed by atoms with Gasteiger partial charge in [0.2, 0.25) is 0 Å². The largest absolute Gasteiger partial charge is 0.336 e. The van der Waals surface area contributed by atoms with Gasteiger partial charge in [0.05, 0.1) is 18.3 Å². The summed E-state index contributed by atoms with van der Waals surface area (Å²) < 4.78 is 14.1. The van der Waals surface area contributed by atoms with Gasteiger partial charge in [0.15, 0.2) is 0 Å². The molecule has 0 aliphatic rings. The van der Waals surface area contributed by atoms with E-state index >= 15 is 0 Å². The SMILES string of the molecule is CN(Cc1cc(Br)cs1)C(=O)c1cc(F)cnc1Cl. The standard InChI is InChI=1S/C12H9BrClFN2OS/c1-17(5-9-2-7(13)6-19-9)12(18)10-3-8(15)4-16-11(10)14/h2-4,6H,5H2,1H3. The zero-order valence-corrected chi connectivity index (χ0v) is 13.0. The Kier molecular flexibility index (Phi) is 4.54. The maximum Gasteiger partial charge on any atom is 0.257 e. The number of hydrogen-bond donors (Lipinski definition) is 0. The molecule has 100 valence electrons. The second-order valence-corrected chi connectivity index (χ2v) is 6.15. The molecule has 2 heterocycles. The van der Waals surface area contributed by atoms with Crippen LogP contribution >= 0.6 is 38.9 Å². The highest BCUT2D eigenvalue weighted by atomic mass is 79.9. The summed E-state index contributed by atoms with van der Waals surface area (Å²) in [6.45, 7) is 0.432. The third-order valence-electron chi connectivity index (χ3n) is 2.40. The summed E-state index contributed by atoms with van der Waals surface area (Å²) in [5.74, 6) is -0.943. The molecule has 2 aromatic heterocycles. The molecule has 0 saturated carbocycles. The number of rotatable bonds is 3. The molecule has 1 amide bonds. The van der Waals surface area contributed by atoms with Gasteiger partial charge in [-0.1, -0.05) is 11.6 Å². The van der Waals surface area contributed by atoms with Crippen molar-refractivity contribution in [2.75, 3.05) is 7.05 Å². The van der Waals surface area contributed by atoms with E-state index in [1.165, 1.54) is 16.2 Å². The fraction of sp³-hybridized carbons (Fsp3) is 0.167. The van der Waals surface area contributed by atoms with E-state index < -0.39 is 5.82 Å². The molecule has 0 fully saturated rings. The lowest BCUT2D eigenvalue weighted by Gasteiger charge is -2.16. The van der Waals surface area contributed by atoms with Crippen molar-refractivity contribution in [2.45, 2.75) is 6.54 Å². The molecule has 0 aliphatic carbocycles. The summed E-state index contributed by atoms with van der Waals surface area (Å²) in [4.78, 5) is 18.3. The quantitative estimate of drug-likeness (QED) is 0.773. The molecule has 3 nitrogen and oxygen atoms in total. The Morgan fingerprint density at radius 2 is 2.32 bits per heavy atom. The van der Waals surface area contributed by atoms with Crippen molar-refractivity contribution in [1.29, 1.82) is 0 Å². The van der Waals surface area contributed by atoms with Gasteiger partial charge >= 0.3 is 0 Å². The predicted octanol–water partition coefficient (Wildman–Crippen LogP) is 3.97. The van der Waals surface area contributed by atoms with Crippen LogP contribution in [0.5, 0.6) is 0 Å². The molecule has 0 bridgehead atoms. The van der Waals surface area contributed by atoms with Gasteiger partial charge in [-0.25, -0.2) is 9.37 Å². The van der Waals surface area contributed by atoms with Crippen LogP contribution in [0, 0.1) is 5.82 Å². The van der Waals surface area contributed by atoms with Crippen molar-refractivity contribution in [3.8, 4) is 0 Å². The van der Waals surface area contributed by atoms with Crippen LogP contribution in [0.15, 0.2) is 28.2 Å². The molecule has 2 rings (SSSR count). The second kappa shape index (κ2) is 5.98. The highest BCUT2D eigenvalue weighted by Gasteiger charge is 2.17. The number of pyridine rings is 1. The maximum atomic E-state index is 13.1. The zero-order valence-electron chi connectivity index (χ0n) is 9.86. The number of aromatic nitrogens is 1. The van der Waals surface area contributed by atoms with Gasteiger partial charge in [-0.3, -0.25) is 4.79 Å². The van der Waals surface area contributed by atoms with Crippen LogP contribution in [0.25, 0.3) is 0 Å². The van der Waals surface area contributed by atoms with E-state index in [1.54, 1.807) is 7.05 Å². The summed E-state index contributed by atoms with van der Waals surface area (Å²) in [5, 5.41) is 1.94. The van der Waals surface area contributed by atoms with Crippen molar-refractivity contribution < 1.29 is 9.18 Å². The number of carbonyl (C=O) groups is 1. The number of thiophene rings is 1. The molecule has 7 heteroatoms. The summed E-state index contributed by atoms with van der Waals surface area (Å²) in [6, 6.07) is 3.03. The van der Waals surface area contributed by atoms with Crippen molar-refractivity contribution in [2.24, 2.45) is 0 Å². The Balaban J connectivity index is 2.16. The molecule has 0 saturated heterocycles. The van der Waals surface area contributed by atoms with E-state index in [2.05, 4.69) is 20.9 Å². The smallest absolute Gasteiger partial charge is 0.257 e. The molecular formula is C12H9BrClFN2OS. The van der Waals surface area contributed by atoms with E-state index in [0.29, 0.717) is 6.54 Å². The zero-order chi connectivity index (χ0) is 14.0. The molecule has 0 aromatic carbocycles. The Labute approximate surface area is 127 Å². The molecule has 0 radical (unpaired) electrons. The van der Waals surface area contributed by atoms with E-state index in [4.69, 9.17) is 11.6 Å². The lowest BCUT2D eigenvalue weighted by molar-refractivity contribution is 0.0785. The summed E-state index contributed by atoms with van der Waals surface area (Å²) in [5.41, 5.74) is 0.0692. The Morgan fingerprint density at radius 1 is 1.58 bits per heavy atom. The van der Waals surface area contributed by atoms with Crippen molar-refractivity contribution in [3.63, 3.8) is 0 Å². The lowest BCUT2D eigenvalue weighted by atomic mass is 10.2. The molecule has 0 N–H and O–H groups in total. The van der Waals surface area contributed by atoms with Crippen LogP contribution in [0.2, 0.25) is 5.15 Å². The minimum atomic E-state index is -0.583. The minimum absolute atomic E-state index is 0.00519. The van der Waals surface area contributed by atoms with Crippen LogP contribution in [0.3, 0.4) is 0 Å². The number of halogens is 3. The molecule has 0 unspecified atom stereocenters. The lowest BCUT2D eigenvalue weighted by Crippen LogP contribution is -2.26. The average Bonchev–Trinajstić information content (AvgIpc) is 2.77. The van der Waals surface area contributed by atoms with Gasteiger partial charge in [0.1, 0.15) is 11.0 Å². The van der Waals surface area contributed by atoms with Crippen LogP contribution in [0.1, 0.15) is 15.2 Å². The topological polar surface area (TPSA) is 33.2 Å². The molecular weight excluding hydrogens is 355 g/mol. The molecule has 2 aromatic rings. The van der Waals surface area contributed by atoms with Crippen LogP contribution in [-0.4, -0.2) is 22.8 Å². The minimum Gasteiger partial charge on any atom is -0.336 e. The fourth-order valence-electron chi connectivity index (χ4n) is 1.52. The first-order chi connectivity index (χ1) is 8.97. The average molecular weight is 364 g/mol. The van der Waals surface area contributed by atoms with Gasteiger partial charge in [-0.15, -0.1) is 11.3 Å². The number of amides is 1. The van der Waals surface area contributed by atoms with Crippen molar-refractivity contribution in [3.05, 3.63) is 49.6 Å². The Hall–Kier alpha value is -0.980. The van der Waals surface area contributed by atoms with Crippen LogP contribution in [0.4, 0.5) is 4.39 Å². The van der Waals surface area contributed by atoms with Gasteiger partial charge in [0, 0.05) is 21.8 Å². The molecule has 0 atom stereocenters. The van der Waals surface area contributed by atoms with Gasteiger partial charge in [-0.2, -0.15) is 0 Å². The third kappa shape index (κ3) is 3.52. The normalized spacial score (nSPS) is 10.5. The van der Waals surface area contributed by atoms with E-state index in [1.807, 2.05) is 11.4 Å². The first-order valence-corrected chi connectivity index (χ1v) is 7.32. The van der Waals surface area contributed by atoms with Crippen molar-refractivity contribution in [1.82, 2.24) is 9.88 Å². The van der Waals surface area contributed by atoms with Gasteiger partial charge in [0.25, 0.3) is 5.91 Å². The summed E-state index contributed by atoms with van der Waals surface area (Å²) >= 11 is 10.7. The highest BCUT2D eigenvalue weighted by molar-refractivity contribution is 9.10. The number of hydrogen-bond acceptors (Lipinski definition) is 3. The van der Waals surface area contributed by atoms with Gasteiger partial charge < -0.3 is 4.90 Å². The van der Waals surface area contributed by atoms with Crippen LogP contribution in [-0.2, 0) is 6.54 Å². The third-order valence-corrected chi connectivity index (χ3v) is 4.38. The number of nitrogens with zero attached hydrogens (tertiary/aromatic N) is 2. The second-order valence-electron chi connectivity index (χ2n) is 3.88. The van der Waals surface area contributed by atoms with E-state index in [9.17, 15) is 9.18 Å². The first-order valence-electron chi connectivity index (χ1n) is 5.27. The van der Waals surface area contributed by atoms with Gasteiger partial charge in [-0.05, 0) is 28.1 Å². The molecule has 0 spiro atoms. The highest BCUT2D eigenvalue weighted by Crippen LogP contribution is 2.22. The van der Waals surface area contributed by atoms with Crippen molar-refractivity contribution >= 4 is 44.8 Å². The monoisotopic (exact) mass is 362 g/mol. The fourth-order valence-corrected chi connectivity index (χ4v) is 3.21. The van der Waals surface area contributed by atoms with Crippen LogP contribution < -0.4 is 0 Å². The van der Waals surface area contributed by atoms with E-state index in [-0.39, 0.29) is 16.6 Å². The Bertz CT molecular complexity index is 620. The summed E-state index contributed by atoms with van der Waals surface area (Å²) in [6.07, 6.45) is 0.982. The Morgan fingerprint density at radius 3 is 2.95 bits per heavy atom. The molecule has 0 aliphatic heterocycles. The predicted molar refractivity (Wildman–Crippen MR) is 77.0 cm³/mol. The first kappa shape index (κ1) is 14.4. The van der Waals surface area contributed by atoms with E-state index in [0.717, 1.165) is 21.6 Å². The summed E-state index contributed by atoms with van der Waals surface area (Å²) in [7, 11) is 1.64.